The number of rotatable bonds is 5. The van der Waals surface area contributed by atoms with E-state index in [-0.39, 0.29) is 5.97 Å². The number of esters is 1. The summed E-state index contributed by atoms with van der Waals surface area (Å²) in [6, 6.07) is 6.85. The lowest BCUT2D eigenvalue weighted by Crippen LogP contribution is -3.14. The van der Waals surface area contributed by atoms with Crippen molar-refractivity contribution in [1.82, 2.24) is 19.8 Å². The second-order valence-electron chi connectivity index (χ2n) is 5.86. The van der Waals surface area contributed by atoms with Gasteiger partial charge in [0.05, 0.1) is 19.9 Å². The summed E-state index contributed by atoms with van der Waals surface area (Å²) in [5.41, 5.74) is 0.762. The van der Waals surface area contributed by atoms with Crippen LogP contribution in [0.5, 0.6) is 5.75 Å². The Bertz CT molecular complexity index is 803. The average Bonchev–Trinajstić information content (AvgIpc) is 3.17. The van der Waals surface area contributed by atoms with Crippen LogP contribution in [-0.4, -0.2) is 63.8 Å². The molecule has 0 spiro atoms. The average molecular weight is 366 g/mol. The molecule has 3 rings (SSSR count). The SMILES string of the molecule is COC(=O)[C@@H]1C[C@H](O)C[NH+]1Cn1nnn(-c2ccc(OC)cc2)c1=S. The molecule has 9 nitrogen and oxygen atoms in total. The maximum atomic E-state index is 11.9. The van der Waals surface area contributed by atoms with E-state index in [0.29, 0.717) is 24.4 Å². The lowest BCUT2D eigenvalue weighted by Gasteiger charge is -2.18. The smallest absolute Gasteiger partial charge is 0.364 e. The molecule has 10 heteroatoms. The molecule has 3 atom stereocenters. The molecule has 1 unspecified atom stereocenters. The van der Waals surface area contributed by atoms with Crippen molar-refractivity contribution in [3.63, 3.8) is 0 Å². The van der Waals surface area contributed by atoms with Gasteiger partial charge >= 0.3 is 5.97 Å². The zero-order valence-corrected chi connectivity index (χ0v) is 14.8. The molecule has 0 radical (unpaired) electrons. The van der Waals surface area contributed by atoms with Crippen LogP contribution < -0.4 is 9.64 Å². The van der Waals surface area contributed by atoms with Crippen molar-refractivity contribution in [2.75, 3.05) is 20.8 Å². The van der Waals surface area contributed by atoms with E-state index < -0.39 is 12.1 Å². The second-order valence-corrected chi connectivity index (χ2v) is 6.22. The van der Waals surface area contributed by atoms with Gasteiger partial charge in [0.2, 0.25) is 4.77 Å². The first-order chi connectivity index (χ1) is 12.0. The Hall–Kier alpha value is -2.30. The number of hydrogen-bond donors (Lipinski definition) is 2. The van der Waals surface area contributed by atoms with E-state index in [4.69, 9.17) is 21.7 Å². The molecule has 1 aromatic carbocycles. The normalized spacial score (nSPS) is 22.8. The van der Waals surface area contributed by atoms with E-state index >= 15 is 0 Å². The number of ether oxygens (including phenoxy) is 2. The number of carbonyl (C=O) groups excluding carboxylic acids is 1. The lowest BCUT2D eigenvalue weighted by molar-refractivity contribution is -0.928. The summed E-state index contributed by atoms with van der Waals surface area (Å²) >= 11 is 5.44. The predicted molar refractivity (Wildman–Crippen MR) is 89.0 cm³/mol. The molecule has 1 fully saturated rings. The van der Waals surface area contributed by atoms with Crippen molar-refractivity contribution in [2.45, 2.75) is 25.2 Å². The molecule has 2 aromatic rings. The number of likely N-dealkylation sites (tertiary alicyclic amines) is 1. The van der Waals surface area contributed by atoms with E-state index in [1.807, 2.05) is 24.3 Å². The summed E-state index contributed by atoms with van der Waals surface area (Å²) in [7, 11) is 2.94. The summed E-state index contributed by atoms with van der Waals surface area (Å²) in [5, 5.41) is 18.0. The van der Waals surface area contributed by atoms with Crippen LogP contribution >= 0.6 is 12.2 Å². The number of aromatic nitrogens is 4. The van der Waals surface area contributed by atoms with Crippen molar-refractivity contribution in [2.24, 2.45) is 0 Å². The van der Waals surface area contributed by atoms with Crippen LogP contribution in [0.25, 0.3) is 5.69 Å². The Kier molecular flexibility index (Phi) is 5.11. The van der Waals surface area contributed by atoms with Crippen molar-refractivity contribution >= 4 is 18.2 Å². The number of benzene rings is 1. The number of nitrogens with one attached hydrogen (secondary N) is 1. The Morgan fingerprint density at radius 1 is 1.36 bits per heavy atom. The molecule has 1 saturated heterocycles. The highest BCUT2D eigenvalue weighted by Gasteiger charge is 2.41. The third-order valence-electron chi connectivity index (χ3n) is 4.29. The molecule has 1 aromatic heterocycles. The molecule has 0 bridgehead atoms. The summed E-state index contributed by atoms with van der Waals surface area (Å²) in [5.74, 6) is 0.389. The van der Waals surface area contributed by atoms with Crippen molar-refractivity contribution in [3.8, 4) is 11.4 Å². The Morgan fingerprint density at radius 3 is 2.72 bits per heavy atom. The van der Waals surface area contributed by atoms with Crippen LogP contribution in [0.4, 0.5) is 0 Å². The van der Waals surface area contributed by atoms with Gasteiger partial charge in [-0.25, -0.2) is 4.79 Å². The number of hydrogen-bond acceptors (Lipinski definition) is 7. The van der Waals surface area contributed by atoms with E-state index in [0.717, 1.165) is 16.3 Å². The van der Waals surface area contributed by atoms with Gasteiger partial charge in [0.25, 0.3) is 0 Å². The van der Waals surface area contributed by atoms with Crippen LogP contribution in [0.2, 0.25) is 0 Å². The van der Waals surface area contributed by atoms with Crippen molar-refractivity contribution < 1.29 is 24.3 Å². The van der Waals surface area contributed by atoms with Gasteiger partial charge in [-0.2, -0.15) is 9.36 Å². The first-order valence-electron chi connectivity index (χ1n) is 7.81. The molecular formula is C15H20N5O4S+. The topological polar surface area (TPSA) is 95.8 Å². The third kappa shape index (κ3) is 3.55. The van der Waals surface area contributed by atoms with E-state index in [1.54, 1.807) is 11.8 Å². The molecule has 25 heavy (non-hydrogen) atoms. The maximum Gasteiger partial charge on any atom is 0.364 e. The largest absolute Gasteiger partial charge is 0.497 e. The highest BCUT2D eigenvalue weighted by atomic mass is 32.1. The van der Waals surface area contributed by atoms with Gasteiger partial charge < -0.3 is 19.5 Å². The number of nitrogens with zero attached hydrogens (tertiary/aromatic N) is 4. The quantitative estimate of drug-likeness (QED) is 0.515. The van der Waals surface area contributed by atoms with E-state index in [1.165, 1.54) is 11.8 Å². The van der Waals surface area contributed by atoms with E-state index in [2.05, 4.69) is 10.4 Å². The van der Waals surface area contributed by atoms with Gasteiger partial charge in [0.1, 0.15) is 18.4 Å². The minimum Gasteiger partial charge on any atom is -0.497 e. The van der Waals surface area contributed by atoms with Gasteiger partial charge in [-0.15, -0.1) is 0 Å². The molecule has 1 aliphatic heterocycles. The number of methoxy groups -OCH3 is 2. The molecular weight excluding hydrogens is 346 g/mol. The first kappa shape index (κ1) is 17.5. The Morgan fingerprint density at radius 2 is 2.08 bits per heavy atom. The molecule has 2 heterocycles. The predicted octanol–water partition coefficient (Wildman–Crippen LogP) is -1.04. The molecule has 1 aliphatic rings. The van der Waals surface area contributed by atoms with E-state index in [9.17, 15) is 9.90 Å². The van der Waals surface area contributed by atoms with Crippen LogP contribution in [0.1, 0.15) is 6.42 Å². The summed E-state index contributed by atoms with van der Waals surface area (Å²) in [4.78, 5) is 12.7. The number of carbonyl (C=O) groups is 1. The van der Waals surface area contributed by atoms with Crippen LogP contribution in [-0.2, 0) is 16.2 Å². The summed E-state index contributed by atoms with van der Waals surface area (Å²) in [6.07, 6.45) is -0.188. The van der Waals surface area contributed by atoms with Gasteiger partial charge in [-0.05, 0) is 46.9 Å². The molecule has 0 amide bonds. The fraction of sp³-hybridized carbons (Fsp3) is 0.467. The molecule has 2 N–H and O–H groups in total. The molecule has 0 saturated carbocycles. The van der Waals surface area contributed by atoms with Crippen molar-refractivity contribution in [3.05, 3.63) is 29.0 Å². The number of quaternary nitrogens is 1. The Labute approximate surface area is 149 Å². The van der Waals surface area contributed by atoms with Gasteiger partial charge in [0, 0.05) is 6.42 Å². The molecule has 134 valence electrons. The number of aliphatic hydroxyl groups excluding tert-OH is 1. The van der Waals surface area contributed by atoms with Crippen molar-refractivity contribution in [1.29, 1.82) is 0 Å². The monoisotopic (exact) mass is 366 g/mol. The summed E-state index contributed by atoms with van der Waals surface area (Å²) < 4.78 is 13.4. The zero-order valence-electron chi connectivity index (χ0n) is 14.0. The van der Waals surface area contributed by atoms with Gasteiger partial charge in [0.15, 0.2) is 12.7 Å². The third-order valence-corrected chi connectivity index (χ3v) is 4.68. The standard InChI is InChI=1S/C15H19N5O4S/c1-23-12-5-3-10(4-6-12)20-15(25)19(16-17-20)9-18-8-11(21)7-13(18)14(22)24-2/h3-6,11,13,21H,7-9H2,1-2H3/p+1/t11-,13-/m0/s1. The number of aliphatic hydroxyl groups is 1. The highest BCUT2D eigenvalue weighted by Crippen LogP contribution is 2.14. The number of tetrazole rings is 1. The van der Waals surface area contributed by atoms with Crippen LogP contribution in [0.3, 0.4) is 0 Å². The minimum atomic E-state index is -0.551. The van der Waals surface area contributed by atoms with Crippen LogP contribution in [0, 0.1) is 4.77 Å². The zero-order chi connectivity index (χ0) is 18.0. The molecule has 0 aliphatic carbocycles. The van der Waals surface area contributed by atoms with Gasteiger partial charge in [-0.3, -0.25) is 0 Å². The van der Waals surface area contributed by atoms with Gasteiger partial charge in [-0.1, -0.05) is 0 Å². The fourth-order valence-electron chi connectivity index (χ4n) is 3.00. The first-order valence-corrected chi connectivity index (χ1v) is 8.22. The second kappa shape index (κ2) is 7.30. The fourth-order valence-corrected chi connectivity index (χ4v) is 3.24. The maximum absolute atomic E-state index is 11.9. The summed E-state index contributed by atoms with van der Waals surface area (Å²) in [6.45, 7) is 0.753. The minimum absolute atomic E-state index is 0.325. The highest BCUT2D eigenvalue weighted by molar-refractivity contribution is 7.71. The lowest BCUT2D eigenvalue weighted by atomic mass is 10.2. The Balaban J connectivity index is 1.81. The van der Waals surface area contributed by atoms with Crippen LogP contribution in [0.15, 0.2) is 24.3 Å².